The van der Waals surface area contributed by atoms with Crippen LogP contribution in [0.1, 0.15) is 41.4 Å². The van der Waals surface area contributed by atoms with Crippen molar-refractivity contribution in [1.82, 2.24) is 14.8 Å². The van der Waals surface area contributed by atoms with E-state index in [4.69, 9.17) is 0 Å². The summed E-state index contributed by atoms with van der Waals surface area (Å²) in [5, 5.41) is 4.41. The standard InChI is InChI=1S/C13H15N3O/c1-9(2)13-11(8-17)7-16(15-13)12-6-10(3)4-5-14-12/h4-9H,1-3H3. The van der Waals surface area contributed by atoms with Crippen LogP contribution in [0.4, 0.5) is 0 Å². The average Bonchev–Trinajstić information content (AvgIpc) is 2.73. The molecular formula is C13H15N3O. The molecule has 0 amide bonds. The molecule has 0 aromatic carbocycles. The van der Waals surface area contributed by atoms with Crippen molar-refractivity contribution in [2.45, 2.75) is 26.7 Å². The molecule has 2 aromatic heterocycles. The van der Waals surface area contributed by atoms with Crippen molar-refractivity contribution in [2.24, 2.45) is 0 Å². The number of aldehydes is 1. The molecule has 0 aliphatic rings. The van der Waals surface area contributed by atoms with Crippen LogP contribution < -0.4 is 0 Å². The minimum atomic E-state index is 0.223. The van der Waals surface area contributed by atoms with Crippen LogP contribution in [-0.4, -0.2) is 21.1 Å². The van der Waals surface area contributed by atoms with Crippen molar-refractivity contribution < 1.29 is 4.79 Å². The van der Waals surface area contributed by atoms with Crippen molar-refractivity contribution in [1.29, 1.82) is 0 Å². The van der Waals surface area contributed by atoms with E-state index >= 15 is 0 Å². The van der Waals surface area contributed by atoms with Crippen LogP contribution in [0.5, 0.6) is 0 Å². The molecule has 0 atom stereocenters. The minimum Gasteiger partial charge on any atom is -0.298 e. The quantitative estimate of drug-likeness (QED) is 0.760. The Morgan fingerprint density at radius 3 is 2.71 bits per heavy atom. The topological polar surface area (TPSA) is 47.8 Å². The van der Waals surface area contributed by atoms with Gasteiger partial charge >= 0.3 is 0 Å². The largest absolute Gasteiger partial charge is 0.298 e. The molecule has 2 aromatic rings. The summed E-state index contributed by atoms with van der Waals surface area (Å²) in [6, 6.07) is 3.86. The van der Waals surface area contributed by atoms with Gasteiger partial charge in [0.25, 0.3) is 0 Å². The first kappa shape index (κ1) is 11.5. The minimum absolute atomic E-state index is 0.223. The molecule has 0 fully saturated rings. The molecule has 0 N–H and O–H groups in total. The summed E-state index contributed by atoms with van der Waals surface area (Å²) in [7, 11) is 0. The second-order valence-corrected chi connectivity index (χ2v) is 4.38. The van der Waals surface area contributed by atoms with Gasteiger partial charge < -0.3 is 0 Å². The monoisotopic (exact) mass is 229 g/mol. The molecule has 0 unspecified atom stereocenters. The first-order chi connectivity index (χ1) is 8.11. The molecule has 0 bridgehead atoms. The van der Waals surface area contributed by atoms with Crippen LogP contribution in [0.3, 0.4) is 0 Å². The third kappa shape index (κ3) is 2.25. The van der Waals surface area contributed by atoms with Gasteiger partial charge in [0.1, 0.15) is 0 Å². The van der Waals surface area contributed by atoms with Crippen molar-refractivity contribution >= 4 is 6.29 Å². The van der Waals surface area contributed by atoms with Crippen molar-refractivity contribution in [3.63, 3.8) is 0 Å². The first-order valence-electron chi connectivity index (χ1n) is 5.59. The molecule has 0 radical (unpaired) electrons. The lowest BCUT2D eigenvalue weighted by atomic mass is 10.1. The Bertz CT molecular complexity index is 543. The van der Waals surface area contributed by atoms with E-state index in [-0.39, 0.29) is 5.92 Å². The van der Waals surface area contributed by atoms with Gasteiger partial charge in [0.15, 0.2) is 12.1 Å². The lowest BCUT2D eigenvalue weighted by molar-refractivity contribution is 0.112. The van der Waals surface area contributed by atoms with Gasteiger partial charge in [-0.15, -0.1) is 0 Å². The summed E-state index contributed by atoms with van der Waals surface area (Å²) in [5.74, 6) is 0.959. The van der Waals surface area contributed by atoms with Crippen LogP contribution in [0, 0.1) is 6.92 Å². The molecule has 4 nitrogen and oxygen atoms in total. The predicted octanol–water partition coefficient (Wildman–Crippen LogP) is 2.51. The summed E-state index contributed by atoms with van der Waals surface area (Å²) in [4.78, 5) is 15.2. The normalized spacial score (nSPS) is 10.8. The van der Waals surface area contributed by atoms with Crippen molar-refractivity contribution in [3.8, 4) is 5.82 Å². The SMILES string of the molecule is Cc1ccnc(-n2cc(C=O)c(C(C)C)n2)c1. The Balaban J connectivity index is 2.50. The summed E-state index contributed by atoms with van der Waals surface area (Å²) >= 11 is 0. The second-order valence-electron chi connectivity index (χ2n) is 4.38. The van der Waals surface area contributed by atoms with Gasteiger partial charge in [-0.2, -0.15) is 5.10 Å². The summed E-state index contributed by atoms with van der Waals surface area (Å²) in [6.07, 6.45) is 4.31. The number of rotatable bonds is 3. The Morgan fingerprint density at radius 1 is 1.41 bits per heavy atom. The molecule has 88 valence electrons. The fourth-order valence-electron chi connectivity index (χ4n) is 1.70. The van der Waals surface area contributed by atoms with E-state index in [0.717, 1.165) is 23.4 Å². The van der Waals surface area contributed by atoms with Crippen molar-refractivity contribution in [3.05, 3.63) is 41.3 Å². The third-order valence-electron chi connectivity index (χ3n) is 2.58. The van der Waals surface area contributed by atoms with E-state index in [0.29, 0.717) is 5.56 Å². The maximum absolute atomic E-state index is 11.0. The second kappa shape index (κ2) is 4.49. The van der Waals surface area contributed by atoms with Gasteiger partial charge in [0.2, 0.25) is 0 Å². The highest BCUT2D eigenvalue weighted by Crippen LogP contribution is 2.17. The lowest BCUT2D eigenvalue weighted by Crippen LogP contribution is -1.99. The van der Waals surface area contributed by atoms with E-state index in [1.165, 1.54) is 0 Å². The van der Waals surface area contributed by atoms with Crippen LogP contribution in [0.2, 0.25) is 0 Å². The summed E-state index contributed by atoms with van der Waals surface area (Å²) < 4.78 is 1.66. The highest BCUT2D eigenvalue weighted by Gasteiger charge is 2.12. The highest BCUT2D eigenvalue weighted by atomic mass is 16.1. The number of hydrogen-bond donors (Lipinski definition) is 0. The van der Waals surface area contributed by atoms with Gasteiger partial charge in [-0.1, -0.05) is 13.8 Å². The van der Waals surface area contributed by atoms with Gasteiger partial charge in [-0.25, -0.2) is 9.67 Å². The number of aryl methyl sites for hydroxylation is 1. The molecular weight excluding hydrogens is 214 g/mol. The van der Waals surface area contributed by atoms with Gasteiger partial charge in [-0.3, -0.25) is 4.79 Å². The predicted molar refractivity (Wildman–Crippen MR) is 65.6 cm³/mol. The molecule has 2 heterocycles. The zero-order valence-corrected chi connectivity index (χ0v) is 10.2. The lowest BCUT2D eigenvalue weighted by Gasteiger charge is -2.02. The van der Waals surface area contributed by atoms with Crippen molar-refractivity contribution in [2.75, 3.05) is 0 Å². The van der Waals surface area contributed by atoms with E-state index in [2.05, 4.69) is 10.1 Å². The number of pyridine rings is 1. The van der Waals surface area contributed by atoms with Crippen LogP contribution in [0.15, 0.2) is 24.5 Å². The Morgan fingerprint density at radius 2 is 2.18 bits per heavy atom. The maximum Gasteiger partial charge on any atom is 0.153 e. The van der Waals surface area contributed by atoms with Gasteiger partial charge in [0.05, 0.1) is 11.3 Å². The van der Waals surface area contributed by atoms with Crippen LogP contribution >= 0.6 is 0 Å². The summed E-state index contributed by atoms with van der Waals surface area (Å²) in [6.45, 7) is 6.03. The fraction of sp³-hybridized carbons (Fsp3) is 0.308. The van der Waals surface area contributed by atoms with Crippen LogP contribution in [0.25, 0.3) is 5.82 Å². The number of aromatic nitrogens is 3. The van der Waals surface area contributed by atoms with Gasteiger partial charge in [-0.05, 0) is 30.5 Å². The Kier molecular flexibility index (Phi) is 3.04. The zero-order valence-electron chi connectivity index (χ0n) is 10.2. The molecule has 0 aliphatic heterocycles. The number of carbonyl (C=O) groups excluding carboxylic acids is 1. The average molecular weight is 229 g/mol. The molecule has 0 aliphatic carbocycles. The molecule has 0 saturated carbocycles. The molecule has 4 heteroatoms. The maximum atomic E-state index is 11.0. The number of nitrogens with zero attached hydrogens (tertiary/aromatic N) is 3. The van der Waals surface area contributed by atoms with E-state index in [9.17, 15) is 4.79 Å². The number of hydrogen-bond acceptors (Lipinski definition) is 3. The van der Waals surface area contributed by atoms with E-state index < -0.39 is 0 Å². The third-order valence-corrected chi connectivity index (χ3v) is 2.58. The molecule has 0 saturated heterocycles. The highest BCUT2D eigenvalue weighted by molar-refractivity contribution is 5.76. The van der Waals surface area contributed by atoms with Gasteiger partial charge in [0, 0.05) is 12.4 Å². The summed E-state index contributed by atoms with van der Waals surface area (Å²) in [5.41, 5.74) is 2.55. The molecule has 0 spiro atoms. The molecule has 2 rings (SSSR count). The Hall–Kier alpha value is -1.97. The Labute approximate surface area is 100 Å². The van der Waals surface area contributed by atoms with E-state index in [1.807, 2.05) is 32.9 Å². The fourth-order valence-corrected chi connectivity index (χ4v) is 1.70. The first-order valence-corrected chi connectivity index (χ1v) is 5.59. The van der Waals surface area contributed by atoms with E-state index in [1.54, 1.807) is 17.1 Å². The zero-order chi connectivity index (χ0) is 12.4. The number of carbonyl (C=O) groups is 1. The smallest absolute Gasteiger partial charge is 0.153 e. The van der Waals surface area contributed by atoms with Crippen LogP contribution in [-0.2, 0) is 0 Å². The molecule has 17 heavy (non-hydrogen) atoms.